The Hall–Kier alpha value is -1.88. The molecule has 0 saturated carbocycles. The number of aromatic nitrogens is 2. The Labute approximate surface area is 117 Å². The largest absolute Gasteiger partial charge is 0.485 e. The standard InChI is InChI=1S/C15H18FN3O/c1-2-5-19-9-10(8-18-19)15-7-13(17)12-6-11(16)3-4-14(12)20-15/h3-4,6,8-9,13,15H,2,5,7,17H2,1H3. The minimum Gasteiger partial charge on any atom is -0.485 e. The molecule has 0 amide bonds. The third kappa shape index (κ3) is 2.41. The van der Waals surface area contributed by atoms with E-state index in [2.05, 4.69) is 12.0 Å². The van der Waals surface area contributed by atoms with Crippen molar-refractivity contribution in [2.45, 2.75) is 38.5 Å². The van der Waals surface area contributed by atoms with Crippen LogP contribution in [0.25, 0.3) is 0 Å². The number of halogens is 1. The predicted octanol–water partition coefficient (Wildman–Crippen LogP) is 2.96. The SMILES string of the molecule is CCCn1cc(C2CC(N)c3cc(F)ccc3O2)cn1. The monoisotopic (exact) mass is 275 g/mol. The Morgan fingerprint density at radius 3 is 3.15 bits per heavy atom. The molecule has 106 valence electrons. The van der Waals surface area contributed by atoms with Gasteiger partial charge in [0.2, 0.25) is 0 Å². The van der Waals surface area contributed by atoms with E-state index in [1.165, 1.54) is 12.1 Å². The lowest BCUT2D eigenvalue weighted by Crippen LogP contribution is -2.24. The van der Waals surface area contributed by atoms with Gasteiger partial charge in [-0.2, -0.15) is 5.10 Å². The molecule has 3 rings (SSSR count). The Morgan fingerprint density at radius 2 is 2.35 bits per heavy atom. The van der Waals surface area contributed by atoms with E-state index in [4.69, 9.17) is 10.5 Å². The summed E-state index contributed by atoms with van der Waals surface area (Å²) in [7, 11) is 0. The van der Waals surface area contributed by atoms with Crippen molar-refractivity contribution in [1.82, 2.24) is 9.78 Å². The topological polar surface area (TPSA) is 53.1 Å². The maximum atomic E-state index is 13.3. The zero-order chi connectivity index (χ0) is 14.1. The Morgan fingerprint density at radius 1 is 1.50 bits per heavy atom. The molecule has 4 nitrogen and oxygen atoms in total. The highest BCUT2D eigenvalue weighted by Gasteiger charge is 2.28. The molecular formula is C15H18FN3O. The third-order valence-corrected chi connectivity index (χ3v) is 3.59. The molecule has 1 aromatic heterocycles. The fourth-order valence-electron chi connectivity index (χ4n) is 2.58. The van der Waals surface area contributed by atoms with Crippen LogP contribution in [0.2, 0.25) is 0 Å². The molecule has 0 spiro atoms. The molecule has 2 aromatic rings. The van der Waals surface area contributed by atoms with Gasteiger partial charge in [0.05, 0.1) is 6.20 Å². The Bertz CT molecular complexity index is 611. The van der Waals surface area contributed by atoms with Crippen molar-refractivity contribution < 1.29 is 9.13 Å². The van der Waals surface area contributed by atoms with Gasteiger partial charge in [0.25, 0.3) is 0 Å². The zero-order valence-electron chi connectivity index (χ0n) is 11.4. The second-order valence-electron chi connectivity index (χ2n) is 5.17. The Kier molecular flexibility index (Phi) is 3.44. The van der Waals surface area contributed by atoms with Crippen molar-refractivity contribution >= 4 is 0 Å². The second kappa shape index (κ2) is 5.25. The zero-order valence-corrected chi connectivity index (χ0v) is 11.4. The second-order valence-corrected chi connectivity index (χ2v) is 5.17. The summed E-state index contributed by atoms with van der Waals surface area (Å²) in [6, 6.07) is 4.28. The lowest BCUT2D eigenvalue weighted by atomic mass is 9.95. The van der Waals surface area contributed by atoms with E-state index in [0.29, 0.717) is 12.2 Å². The number of ether oxygens (including phenoxy) is 1. The van der Waals surface area contributed by atoms with Gasteiger partial charge in [0.15, 0.2) is 0 Å². The molecule has 1 aliphatic heterocycles. The minimum absolute atomic E-state index is 0.117. The van der Waals surface area contributed by atoms with Crippen LogP contribution in [0.1, 0.15) is 43.0 Å². The first-order valence-electron chi connectivity index (χ1n) is 6.91. The molecule has 20 heavy (non-hydrogen) atoms. The normalized spacial score (nSPS) is 21.4. The summed E-state index contributed by atoms with van der Waals surface area (Å²) in [5.74, 6) is 0.385. The number of rotatable bonds is 3. The van der Waals surface area contributed by atoms with E-state index >= 15 is 0 Å². The summed E-state index contributed by atoms with van der Waals surface area (Å²) in [6.45, 7) is 3.00. The molecule has 2 heterocycles. The molecule has 1 aromatic carbocycles. The average molecular weight is 275 g/mol. The van der Waals surface area contributed by atoms with Gasteiger partial charge in [-0.1, -0.05) is 6.92 Å². The van der Waals surface area contributed by atoms with E-state index in [1.807, 2.05) is 17.1 Å². The molecule has 2 unspecified atom stereocenters. The summed E-state index contributed by atoms with van der Waals surface area (Å²) >= 11 is 0. The molecule has 5 heteroatoms. The van der Waals surface area contributed by atoms with Crippen LogP contribution in [0, 0.1) is 5.82 Å². The van der Waals surface area contributed by atoms with Gasteiger partial charge in [-0.25, -0.2) is 4.39 Å². The highest BCUT2D eigenvalue weighted by Crippen LogP contribution is 2.39. The maximum absolute atomic E-state index is 13.3. The molecule has 0 aliphatic carbocycles. The van der Waals surface area contributed by atoms with E-state index in [1.54, 1.807) is 6.07 Å². The Balaban J connectivity index is 1.85. The summed E-state index contributed by atoms with van der Waals surface area (Å²) in [6.07, 6.45) is 5.37. The van der Waals surface area contributed by atoms with Gasteiger partial charge in [-0.05, 0) is 24.6 Å². The van der Waals surface area contributed by atoms with E-state index < -0.39 is 0 Å². The average Bonchev–Trinajstić information content (AvgIpc) is 2.88. The lowest BCUT2D eigenvalue weighted by molar-refractivity contribution is 0.161. The molecule has 0 radical (unpaired) electrons. The molecule has 0 saturated heterocycles. The van der Waals surface area contributed by atoms with E-state index in [0.717, 1.165) is 24.1 Å². The van der Waals surface area contributed by atoms with Gasteiger partial charge in [-0.15, -0.1) is 0 Å². The van der Waals surface area contributed by atoms with Crippen molar-refractivity contribution in [3.05, 3.63) is 47.5 Å². The van der Waals surface area contributed by atoms with Crippen LogP contribution in [0.4, 0.5) is 4.39 Å². The van der Waals surface area contributed by atoms with Crippen LogP contribution in [0.5, 0.6) is 5.75 Å². The number of benzene rings is 1. The third-order valence-electron chi connectivity index (χ3n) is 3.59. The van der Waals surface area contributed by atoms with Gasteiger partial charge < -0.3 is 10.5 Å². The quantitative estimate of drug-likeness (QED) is 0.937. The van der Waals surface area contributed by atoms with E-state index in [-0.39, 0.29) is 18.0 Å². The maximum Gasteiger partial charge on any atom is 0.129 e. The van der Waals surface area contributed by atoms with Crippen LogP contribution < -0.4 is 10.5 Å². The van der Waals surface area contributed by atoms with Crippen molar-refractivity contribution in [1.29, 1.82) is 0 Å². The molecule has 0 fully saturated rings. The molecule has 2 N–H and O–H groups in total. The van der Waals surface area contributed by atoms with Gasteiger partial charge in [0.1, 0.15) is 17.7 Å². The minimum atomic E-state index is -0.281. The van der Waals surface area contributed by atoms with Crippen LogP contribution in [0.3, 0.4) is 0 Å². The molecule has 2 atom stereocenters. The summed E-state index contributed by atoms with van der Waals surface area (Å²) < 4.78 is 21.1. The first-order chi connectivity index (χ1) is 9.67. The number of fused-ring (bicyclic) bond motifs is 1. The highest BCUT2D eigenvalue weighted by molar-refractivity contribution is 5.39. The van der Waals surface area contributed by atoms with Gasteiger partial charge in [0, 0.05) is 36.3 Å². The predicted molar refractivity (Wildman–Crippen MR) is 73.8 cm³/mol. The summed E-state index contributed by atoms with van der Waals surface area (Å²) in [5, 5.41) is 4.31. The first kappa shape index (κ1) is 13.1. The smallest absolute Gasteiger partial charge is 0.129 e. The lowest BCUT2D eigenvalue weighted by Gasteiger charge is -2.29. The van der Waals surface area contributed by atoms with E-state index in [9.17, 15) is 4.39 Å². The van der Waals surface area contributed by atoms with Crippen molar-refractivity contribution in [2.24, 2.45) is 5.73 Å². The fraction of sp³-hybridized carbons (Fsp3) is 0.400. The summed E-state index contributed by atoms with van der Waals surface area (Å²) in [5.41, 5.74) is 7.89. The van der Waals surface area contributed by atoms with Crippen LogP contribution in [-0.2, 0) is 6.54 Å². The number of hydrogen-bond acceptors (Lipinski definition) is 3. The summed E-state index contributed by atoms with van der Waals surface area (Å²) in [4.78, 5) is 0. The first-order valence-corrected chi connectivity index (χ1v) is 6.91. The van der Waals surface area contributed by atoms with Crippen LogP contribution >= 0.6 is 0 Å². The molecule has 0 bridgehead atoms. The van der Waals surface area contributed by atoms with Crippen molar-refractivity contribution in [2.75, 3.05) is 0 Å². The van der Waals surface area contributed by atoms with Crippen LogP contribution in [0.15, 0.2) is 30.6 Å². The number of aryl methyl sites for hydroxylation is 1. The highest BCUT2D eigenvalue weighted by atomic mass is 19.1. The van der Waals surface area contributed by atoms with Gasteiger partial charge >= 0.3 is 0 Å². The number of nitrogens with two attached hydrogens (primary N) is 1. The van der Waals surface area contributed by atoms with Crippen molar-refractivity contribution in [3.63, 3.8) is 0 Å². The number of nitrogens with zero attached hydrogens (tertiary/aromatic N) is 2. The molecular weight excluding hydrogens is 257 g/mol. The van der Waals surface area contributed by atoms with Crippen molar-refractivity contribution in [3.8, 4) is 5.75 Å². The molecule has 1 aliphatic rings. The number of hydrogen-bond donors (Lipinski definition) is 1. The fourth-order valence-corrected chi connectivity index (χ4v) is 2.58. The van der Waals surface area contributed by atoms with Gasteiger partial charge in [-0.3, -0.25) is 4.68 Å². The van der Waals surface area contributed by atoms with Crippen LogP contribution in [-0.4, -0.2) is 9.78 Å².